The molecule has 0 saturated carbocycles. The molecule has 5 aromatic rings. The highest BCUT2D eigenvalue weighted by molar-refractivity contribution is 5.82. The standard InChI is InChI=1S/C35H35F4N3O3/c1-4-5-7-22-8-6-9-25(32(22)38)24(13-15-43-16-17-44-21(2)3)31-20-41-35(42-31)27-18-23(10-11-28(27)36)45-34-29(37)19-30-26(33(34)39)12-14-40-30/h4,6,8-12,14,18-21,24,40H,1,5,7,13,15-17H2,2-3H3,(H,41,42). The number of imidazole rings is 1. The molecule has 0 fully saturated rings. The smallest absolute Gasteiger partial charge is 0.199 e. The molecule has 5 rings (SSSR count). The monoisotopic (exact) mass is 621 g/mol. The Morgan fingerprint density at radius 2 is 1.80 bits per heavy atom. The number of aromatic nitrogens is 3. The fraction of sp³-hybridized carbons (Fsp3) is 0.286. The number of hydrogen-bond donors (Lipinski definition) is 2. The second-order valence-corrected chi connectivity index (χ2v) is 10.9. The Kier molecular flexibility index (Phi) is 10.4. The summed E-state index contributed by atoms with van der Waals surface area (Å²) in [5.41, 5.74) is 1.87. The van der Waals surface area contributed by atoms with Crippen LogP contribution in [0.3, 0.4) is 0 Å². The second kappa shape index (κ2) is 14.6. The third kappa shape index (κ3) is 7.46. The summed E-state index contributed by atoms with van der Waals surface area (Å²) in [5.74, 6) is -3.69. The highest BCUT2D eigenvalue weighted by Gasteiger charge is 2.24. The van der Waals surface area contributed by atoms with Gasteiger partial charge in [0.2, 0.25) is 0 Å². The van der Waals surface area contributed by atoms with Gasteiger partial charge in [-0.05, 0) is 68.5 Å². The molecular formula is C35H35F4N3O3. The van der Waals surface area contributed by atoms with Crippen molar-refractivity contribution in [1.29, 1.82) is 0 Å². The minimum Gasteiger partial charge on any atom is -0.451 e. The molecule has 0 aliphatic heterocycles. The zero-order valence-electron chi connectivity index (χ0n) is 25.1. The van der Waals surface area contributed by atoms with E-state index in [0.29, 0.717) is 55.9 Å². The van der Waals surface area contributed by atoms with Crippen LogP contribution in [0.5, 0.6) is 11.5 Å². The number of rotatable bonds is 15. The lowest BCUT2D eigenvalue weighted by Gasteiger charge is -2.19. The molecule has 6 nitrogen and oxygen atoms in total. The average molecular weight is 622 g/mol. The average Bonchev–Trinajstić information content (AvgIpc) is 3.70. The topological polar surface area (TPSA) is 72.2 Å². The van der Waals surface area contributed by atoms with Gasteiger partial charge in [0.1, 0.15) is 23.2 Å². The Labute approximate surface area is 259 Å². The first kappa shape index (κ1) is 32.0. The fourth-order valence-corrected chi connectivity index (χ4v) is 5.17. The van der Waals surface area contributed by atoms with Gasteiger partial charge < -0.3 is 24.2 Å². The normalized spacial score (nSPS) is 12.2. The van der Waals surface area contributed by atoms with Crippen LogP contribution in [0, 0.1) is 23.3 Å². The number of ether oxygens (including phenoxy) is 3. The summed E-state index contributed by atoms with van der Waals surface area (Å²) in [7, 11) is 0. The van der Waals surface area contributed by atoms with Gasteiger partial charge in [0, 0.05) is 42.1 Å². The Morgan fingerprint density at radius 1 is 0.956 bits per heavy atom. The maximum atomic E-state index is 15.8. The molecule has 0 aliphatic carbocycles. The van der Waals surface area contributed by atoms with Gasteiger partial charge in [0.15, 0.2) is 17.4 Å². The molecule has 0 saturated heterocycles. The van der Waals surface area contributed by atoms with Crippen molar-refractivity contribution in [2.45, 2.75) is 45.1 Å². The maximum absolute atomic E-state index is 15.8. The zero-order valence-corrected chi connectivity index (χ0v) is 25.1. The Bertz CT molecular complexity index is 1760. The van der Waals surface area contributed by atoms with E-state index < -0.39 is 29.1 Å². The van der Waals surface area contributed by atoms with E-state index >= 15 is 13.2 Å². The molecule has 1 unspecified atom stereocenters. The molecule has 3 aromatic carbocycles. The highest BCUT2D eigenvalue weighted by Crippen LogP contribution is 2.36. The zero-order chi connectivity index (χ0) is 31.9. The van der Waals surface area contributed by atoms with Gasteiger partial charge in [-0.1, -0.05) is 24.3 Å². The van der Waals surface area contributed by atoms with E-state index in [4.69, 9.17) is 14.2 Å². The first-order chi connectivity index (χ1) is 21.8. The number of allylic oxidation sites excluding steroid dienone is 1. The van der Waals surface area contributed by atoms with E-state index in [0.717, 1.165) is 12.1 Å². The summed E-state index contributed by atoms with van der Waals surface area (Å²) in [4.78, 5) is 10.3. The SMILES string of the molecule is C=CCCc1cccc(C(CCOCCOC(C)C)c2cnc(-c3cc(Oc4c(F)cc5[nH]ccc5c4F)ccc3F)[nH]2)c1F. The Balaban J connectivity index is 1.42. The summed E-state index contributed by atoms with van der Waals surface area (Å²) < 4.78 is 77.5. The predicted octanol–water partition coefficient (Wildman–Crippen LogP) is 8.99. The van der Waals surface area contributed by atoms with Gasteiger partial charge in [-0.15, -0.1) is 6.58 Å². The van der Waals surface area contributed by atoms with Crippen molar-refractivity contribution in [3.05, 3.63) is 114 Å². The molecule has 236 valence electrons. The predicted molar refractivity (Wildman–Crippen MR) is 166 cm³/mol. The molecule has 1 atom stereocenters. The summed E-state index contributed by atoms with van der Waals surface area (Å²) in [6, 6.07) is 11.6. The number of aryl methyl sites for hydroxylation is 1. The van der Waals surface area contributed by atoms with Gasteiger partial charge in [-0.3, -0.25) is 0 Å². The van der Waals surface area contributed by atoms with Crippen LogP contribution < -0.4 is 4.74 Å². The molecule has 0 spiro atoms. The van der Waals surface area contributed by atoms with E-state index in [-0.39, 0.29) is 40.0 Å². The van der Waals surface area contributed by atoms with Crippen LogP contribution in [0.2, 0.25) is 0 Å². The number of benzene rings is 3. The lowest BCUT2D eigenvalue weighted by Crippen LogP contribution is -2.13. The third-order valence-corrected chi connectivity index (χ3v) is 7.42. The van der Waals surface area contributed by atoms with Crippen molar-refractivity contribution >= 4 is 10.9 Å². The van der Waals surface area contributed by atoms with Crippen LogP contribution in [-0.4, -0.2) is 40.9 Å². The first-order valence-corrected chi connectivity index (χ1v) is 14.8. The number of nitrogens with one attached hydrogen (secondary N) is 2. The summed E-state index contributed by atoms with van der Waals surface area (Å²) >= 11 is 0. The van der Waals surface area contributed by atoms with E-state index in [1.165, 1.54) is 30.6 Å². The van der Waals surface area contributed by atoms with Gasteiger partial charge in [0.05, 0.1) is 30.4 Å². The molecule has 0 bridgehead atoms. The largest absolute Gasteiger partial charge is 0.451 e. The van der Waals surface area contributed by atoms with Crippen LogP contribution >= 0.6 is 0 Å². The molecule has 0 aliphatic rings. The molecule has 45 heavy (non-hydrogen) atoms. The van der Waals surface area contributed by atoms with E-state index in [2.05, 4.69) is 21.5 Å². The number of halogens is 4. The van der Waals surface area contributed by atoms with Crippen molar-refractivity contribution in [1.82, 2.24) is 15.0 Å². The molecule has 2 N–H and O–H groups in total. The van der Waals surface area contributed by atoms with Gasteiger partial charge in [0.25, 0.3) is 0 Å². The Hall–Kier alpha value is -4.41. The minimum absolute atomic E-state index is 0.00608. The van der Waals surface area contributed by atoms with Crippen LogP contribution in [-0.2, 0) is 15.9 Å². The quantitative estimate of drug-likeness (QED) is 0.0695. The van der Waals surface area contributed by atoms with Crippen molar-refractivity contribution in [2.75, 3.05) is 19.8 Å². The second-order valence-electron chi connectivity index (χ2n) is 10.9. The van der Waals surface area contributed by atoms with Gasteiger partial charge in [-0.2, -0.15) is 0 Å². The third-order valence-electron chi connectivity index (χ3n) is 7.42. The van der Waals surface area contributed by atoms with E-state index in [1.807, 2.05) is 19.9 Å². The lowest BCUT2D eigenvalue weighted by molar-refractivity contribution is 0.0183. The van der Waals surface area contributed by atoms with Crippen molar-refractivity contribution < 1.29 is 31.8 Å². The van der Waals surface area contributed by atoms with Gasteiger partial charge >= 0.3 is 0 Å². The fourth-order valence-electron chi connectivity index (χ4n) is 5.17. The Morgan fingerprint density at radius 3 is 2.60 bits per heavy atom. The molecule has 2 aromatic heterocycles. The van der Waals surface area contributed by atoms with Crippen LogP contribution in [0.25, 0.3) is 22.3 Å². The van der Waals surface area contributed by atoms with Crippen LogP contribution in [0.1, 0.15) is 49.4 Å². The van der Waals surface area contributed by atoms with Crippen molar-refractivity contribution in [3.8, 4) is 22.9 Å². The van der Waals surface area contributed by atoms with E-state index in [1.54, 1.807) is 18.2 Å². The number of fused-ring (bicyclic) bond motifs is 1. The summed E-state index contributed by atoms with van der Waals surface area (Å²) in [6.07, 6.45) is 6.40. The van der Waals surface area contributed by atoms with Crippen LogP contribution in [0.15, 0.2) is 73.6 Å². The minimum atomic E-state index is -0.910. The summed E-state index contributed by atoms with van der Waals surface area (Å²) in [5, 5.41) is 0.160. The van der Waals surface area contributed by atoms with Gasteiger partial charge in [-0.25, -0.2) is 22.5 Å². The van der Waals surface area contributed by atoms with Crippen LogP contribution in [0.4, 0.5) is 17.6 Å². The maximum Gasteiger partial charge on any atom is 0.199 e. The molecule has 0 amide bonds. The number of aromatic amines is 2. The number of nitrogens with zero attached hydrogens (tertiary/aromatic N) is 1. The molecule has 0 radical (unpaired) electrons. The van der Waals surface area contributed by atoms with E-state index in [9.17, 15) is 4.39 Å². The first-order valence-electron chi connectivity index (χ1n) is 14.8. The van der Waals surface area contributed by atoms with Crippen molar-refractivity contribution in [3.63, 3.8) is 0 Å². The highest BCUT2D eigenvalue weighted by atomic mass is 19.1. The van der Waals surface area contributed by atoms with Crippen molar-refractivity contribution in [2.24, 2.45) is 0 Å². The summed E-state index contributed by atoms with van der Waals surface area (Å²) in [6.45, 7) is 8.76. The molecular weight excluding hydrogens is 586 g/mol. The lowest BCUT2D eigenvalue weighted by atomic mass is 9.90. The molecule has 2 heterocycles. The number of H-pyrrole nitrogens is 2. The number of hydrogen-bond acceptors (Lipinski definition) is 4. The molecule has 10 heteroatoms.